The minimum absolute atomic E-state index is 0.319. The van der Waals surface area contributed by atoms with Crippen molar-refractivity contribution in [2.24, 2.45) is 0 Å². The minimum Gasteiger partial charge on any atom is -0.443 e. The van der Waals surface area contributed by atoms with Gasteiger partial charge in [-0.25, -0.2) is 9.36 Å². The highest BCUT2D eigenvalue weighted by Crippen LogP contribution is 1.83. The predicted octanol–water partition coefficient (Wildman–Crippen LogP) is -2.42. The Morgan fingerprint density at radius 1 is 1.61 bits per heavy atom. The Labute approximate surface area is 100 Å². The third kappa shape index (κ3) is 3.66. The zero-order chi connectivity index (χ0) is 13.5. The van der Waals surface area contributed by atoms with E-state index < -0.39 is 29.8 Å². The average molecular weight is 256 g/mol. The van der Waals surface area contributed by atoms with Crippen LogP contribution in [0.25, 0.3) is 0 Å². The molecule has 1 aromatic rings. The number of nitrogens with zero attached hydrogens (tertiary/aromatic N) is 1. The van der Waals surface area contributed by atoms with E-state index >= 15 is 0 Å². The molecular formula is C8H8BFN3O5. The lowest BCUT2D eigenvalue weighted by Gasteiger charge is -2.06. The van der Waals surface area contributed by atoms with Crippen molar-refractivity contribution in [3.8, 4) is 0 Å². The van der Waals surface area contributed by atoms with Crippen LogP contribution in [0, 0.1) is 5.82 Å². The highest BCUT2D eigenvalue weighted by molar-refractivity contribution is 6.64. The van der Waals surface area contributed by atoms with Gasteiger partial charge in [0.15, 0.2) is 6.73 Å². The number of hydrogen-bond donors (Lipinski definition) is 2. The molecule has 1 aromatic heterocycles. The summed E-state index contributed by atoms with van der Waals surface area (Å²) in [6, 6.07) is 0. The fourth-order valence-electron chi connectivity index (χ4n) is 0.981. The summed E-state index contributed by atoms with van der Waals surface area (Å²) in [7, 11) is 0.975. The van der Waals surface area contributed by atoms with Crippen molar-refractivity contribution in [1.82, 2.24) is 14.8 Å². The monoisotopic (exact) mass is 256 g/mol. The zero-order valence-electron chi connectivity index (χ0n) is 9.01. The fraction of sp³-hybridized carbons (Fsp3) is 0.250. The van der Waals surface area contributed by atoms with Gasteiger partial charge >= 0.3 is 11.7 Å². The summed E-state index contributed by atoms with van der Waals surface area (Å²) in [5.74, 6) is -1.98. The van der Waals surface area contributed by atoms with E-state index in [-0.39, 0.29) is 6.54 Å². The van der Waals surface area contributed by atoms with E-state index in [0.717, 1.165) is 7.41 Å². The minimum atomic E-state index is -1.20. The van der Waals surface area contributed by atoms with Crippen LogP contribution in [0.1, 0.15) is 0 Å². The van der Waals surface area contributed by atoms with Gasteiger partial charge in [0.1, 0.15) is 0 Å². The molecule has 1 radical (unpaired) electrons. The van der Waals surface area contributed by atoms with Gasteiger partial charge < -0.3 is 19.7 Å². The Balaban J connectivity index is 2.61. The van der Waals surface area contributed by atoms with Gasteiger partial charge in [-0.05, 0) is 0 Å². The number of carbonyl (C=O) groups is 2. The van der Waals surface area contributed by atoms with E-state index in [9.17, 15) is 23.6 Å². The molecule has 0 spiro atoms. The number of nitrogens with one attached hydrogen (secondary N) is 2. The summed E-state index contributed by atoms with van der Waals surface area (Å²) in [4.78, 5) is 45.2. The van der Waals surface area contributed by atoms with E-state index in [1.165, 1.54) is 0 Å². The number of carbonyl (C=O) groups excluding carboxylic acids is 2. The van der Waals surface area contributed by atoms with Crippen LogP contribution in [-0.4, -0.2) is 35.7 Å². The third-order valence-electron chi connectivity index (χ3n) is 1.80. The molecule has 0 fully saturated rings. The summed E-state index contributed by atoms with van der Waals surface area (Å²) < 4.78 is 17.7. The molecule has 18 heavy (non-hydrogen) atoms. The van der Waals surface area contributed by atoms with Gasteiger partial charge in [0.05, 0.1) is 12.7 Å². The van der Waals surface area contributed by atoms with Crippen LogP contribution in [0.3, 0.4) is 0 Å². The van der Waals surface area contributed by atoms with E-state index in [4.69, 9.17) is 0 Å². The fourth-order valence-corrected chi connectivity index (χ4v) is 0.981. The zero-order valence-corrected chi connectivity index (χ0v) is 9.01. The number of ether oxygens (including phenoxy) is 1. The van der Waals surface area contributed by atoms with Gasteiger partial charge in [-0.3, -0.25) is 9.59 Å². The van der Waals surface area contributed by atoms with Crippen LogP contribution in [0.5, 0.6) is 0 Å². The molecule has 95 valence electrons. The van der Waals surface area contributed by atoms with Gasteiger partial charge in [-0.15, -0.1) is 0 Å². The van der Waals surface area contributed by atoms with Crippen molar-refractivity contribution in [3.05, 3.63) is 32.9 Å². The molecule has 0 unspecified atom stereocenters. The molecule has 0 aliphatic rings. The Morgan fingerprint density at radius 3 is 3.00 bits per heavy atom. The number of hydrogen-bond acceptors (Lipinski definition) is 6. The highest BCUT2D eigenvalue weighted by Gasteiger charge is 2.09. The van der Waals surface area contributed by atoms with Crippen molar-refractivity contribution in [2.75, 3.05) is 6.54 Å². The Hall–Kier alpha value is -2.23. The average Bonchev–Trinajstić information content (AvgIpc) is 2.34. The summed E-state index contributed by atoms with van der Waals surface area (Å²) in [5, 5.41) is 2.30. The van der Waals surface area contributed by atoms with Crippen LogP contribution in [0.2, 0.25) is 0 Å². The molecule has 0 saturated carbocycles. The molecule has 0 aromatic carbocycles. The van der Waals surface area contributed by atoms with Crippen LogP contribution in [0.15, 0.2) is 15.8 Å². The molecule has 0 bridgehead atoms. The number of H-pyrrole nitrogens is 1. The lowest BCUT2D eigenvalue weighted by Crippen LogP contribution is -2.38. The Kier molecular flexibility index (Phi) is 4.99. The van der Waals surface area contributed by atoms with Crippen LogP contribution < -0.4 is 16.5 Å². The Bertz CT molecular complexity index is 554. The van der Waals surface area contributed by atoms with E-state index in [0.29, 0.717) is 16.9 Å². The van der Waals surface area contributed by atoms with Gasteiger partial charge in [0.25, 0.3) is 13.0 Å². The SMILES string of the molecule is O=C[B]NCC(=O)OCn1c(=O)[nH]cc(F)c1=O. The largest absolute Gasteiger partial charge is 0.443 e. The quantitative estimate of drug-likeness (QED) is 0.253. The first kappa shape index (κ1) is 13.8. The molecule has 1 heterocycles. The van der Waals surface area contributed by atoms with Crippen LogP contribution in [0.4, 0.5) is 4.39 Å². The maximum atomic E-state index is 12.8. The predicted molar refractivity (Wildman–Crippen MR) is 57.9 cm³/mol. The maximum Gasteiger partial charge on any atom is 0.331 e. The van der Waals surface area contributed by atoms with Crippen molar-refractivity contribution in [3.63, 3.8) is 0 Å². The van der Waals surface area contributed by atoms with Crippen LogP contribution >= 0.6 is 0 Å². The second-order valence-electron chi connectivity index (χ2n) is 3.00. The third-order valence-corrected chi connectivity index (χ3v) is 1.80. The van der Waals surface area contributed by atoms with Gasteiger partial charge in [0, 0.05) is 6.20 Å². The summed E-state index contributed by atoms with van der Waals surface area (Å²) in [6.45, 7) is -1.03. The number of aromatic amines is 1. The van der Waals surface area contributed by atoms with Crippen molar-refractivity contribution in [1.29, 1.82) is 0 Å². The second-order valence-corrected chi connectivity index (χ2v) is 3.00. The molecule has 0 aliphatic heterocycles. The molecule has 1 rings (SSSR count). The lowest BCUT2D eigenvalue weighted by atomic mass is 9.99. The topological polar surface area (TPSA) is 110 Å². The van der Waals surface area contributed by atoms with Gasteiger partial charge in [0.2, 0.25) is 5.82 Å². The number of esters is 1. The summed E-state index contributed by atoms with van der Waals surface area (Å²) in [5.41, 5.74) is -2.10. The first-order chi connectivity index (χ1) is 8.56. The smallest absolute Gasteiger partial charge is 0.331 e. The molecule has 0 saturated heterocycles. The number of aromatic nitrogens is 2. The van der Waals surface area contributed by atoms with Crippen molar-refractivity contribution >= 4 is 19.6 Å². The van der Waals surface area contributed by atoms with Crippen LogP contribution in [-0.2, 0) is 21.1 Å². The molecule has 0 atom stereocenters. The molecule has 0 aliphatic carbocycles. The van der Waals surface area contributed by atoms with E-state index in [2.05, 4.69) is 9.96 Å². The molecule has 0 amide bonds. The van der Waals surface area contributed by atoms with Gasteiger partial charge in [-0.2, -0.15) is 4.39 Å². The normalized spacial score (nSPS) is 9.83. The van der Waals surface area contributed by atoms with Gasteiger partial charge in [-0.1, -0.05) is 0 Å². The molecule has 8 nitrogen and oxygen atoms in total. The molecular weight excluding hydrogens is 248 g/mol. The number of halogens is 1. The second kappa shape index (κ2) is 6.50. The van der Waals surface area contributed by atoms with Crippen molar-refractivity contribution < 1.29 is 18.7 Å². The molecule has 10 heteroatoms. The summed E-state index contributed by atoms with van der Waals surface area (Å²) >= 11 is 0. The number of rotatable bonds is 6. The molecule has 2 N–H and O–H groups in total. The van der Waals surface area contributed by atoms with E-state index in [1.807, 2.05) is 4.98 Å². The van der Waals surface area contributed by atoms with E-state index in [1.54, 1.807) is 0 Å². The first-order valence-corrected chi connectivity index (χ1v) is 4.70. The maximum absolute atomic E-state index is 12.8. The van der Waals surface area contributed by atoms with Crippen molar-refractivity contribution in [2.45, 2.75) is 6.73 Å². The highest BCUT2D eigenvalue weighted by atomic mass is 19.1. The first-order valence-electron chi connectivity index (χ1n) is 4.70. The Morgan fingerprint density at radius 2 is 2.33 bits per heavy atom. The summed E-state index contributed by atoms with van der Waals surface area (Å²) in [6.07, 6.45) is 1.04. The lowest BCUT2D eigenvalue weighted by molar-refractivity contribution is -0.146. The standard InChI is InChI=1S/C8H8BFN3O5/c10-5-1-11-8(17)13(7(5)16)4-18-6(15)2-12-9-3-14/h1,3,12H,2,4H2,(H,11,17).